The summed E-state index contributed by atoms with van der Waals surface area (Å²) in [6.45, 7) is 9.75. The zero-order valence-corrected chi connectivity index (χ0v) is 16.4. The molecule has 2 aromatic rings. The molecule has 5 nitrogen and oxygen atoms in total. The average molecular weight is 358 g/mol. The van der Waals surface area contributed by atoms with E-state index in [1.54, 1.807) is 13.2 Å². The van der Waals surface area contributed by atoms with Crippen molar-refractivity contribution in [3.05, 3.63) is 53.5 Å². The van der Waals surface area contributed by atoms with Crippen LogP contribution in [-0.2, 0) is 13.1 Å². The molecule has 0 aliphatic rings. The first kappa shape index (κ1) is 20.0. The van der Waals surface area contributed by atoms with E-state index in [0.717, 1.165) is 24.5 Å². The third kappa shape index (κ3) is 5.63. The maximum Gasteiger partial charge on any atom is 0.287 e. The molecule has 0 spiro atoms. The van der Waals surface area contributed by atoms with Gasteiger partial charge in [0.25, 0.3) is 5.91 Å². The summed E-state index contributed by atoms with van der Waals surface area (Å²) in [4.78, 5) is 14.5. The van der Waals surface area contributed by atoms with Crippen LogP contribution in [0.2, 0.25) is 0 Å². The number of benzene rings is 1. The Kier molecular flexibility index (Phi) is 7.27. The number of carbonyl (C=O) groups is 1. The number of furan rings is 1. The lowest BCUT2D eigenvalue weighted by Gasteiger charge is -2.25. The molecular weight excluding hydrogens is 328 g/mol. The molecule has 1 unspecified atom stereocenters. The van der Waals surface area contributed by atoms with Crippen molar-refractivity contribution < 1.29 is 13.9 Å². The highest BCUT2D eigenvalue weighted by molar-refractivity contribution is 5.91. The van der Waals surface area contributed by atoms with E-state index < -0.39 is 0 Å². The molecule has 2 rings (SSSR count). The SMILES string of the molecule is CCC(C)NC(=O)c1ccc(CN(Cc2cccc(OC)c2)C(C)C)o1. The van der Waals surface area contributed by atoms with Gasteiger partial charge in [-0.3, -0.25) is 9.69 Å². The second-order valence-electron chi connectivity index (χ2n) is 6.90. The highest BCUT2D eigenvalue weighted by atomic mass is 16.5. The van der Waals surface area contributed by atoms with E-state index in [1.165, 1.54) is 5.56 Å². The highest BCUT2D eigenvalue weighted by Gasteiger charge is 2.17. The minimum Gasteiger partial charge on any atom is -0.497 e. The van der Waals surface area contributed by atoms with Crippen LogP contribution in [0.3, 0.4) is 0 Å². The van der Waals surface area contributed by atoms with Crippen molar-refractivity contribution in [1.29, 1.82) is 0 Å². The number of amides is 1. The number of hydrogen-bond acceptors (Lipinski definition) is 4. The fourth-order valence-corrected chi connectivity index (χ4v) is 2.61. The molecule has 1 aromatic heterocycles. The van der Waals surface area contributed by atoms with Crippen LogP contribution in [0.5, 0.6) is 5.75 Å². The van der Waals surface area contributed by atoms with Crippen LogP contribution in [0.15, 0.2) is 40.8 Å². The van der Waals surface area contributed by atoms with Crippen LogP contribution in [0, 0.1) is 0 Å². The lowest BCUT2D eigenvalue weighted by molar-refractivity contribution is 0.0906. The van der Waals surface area contributed by atoms with Gasteiger partial charge < -0.3 is 14.5 Å². The first-order valence-electron chi connectivity index (χ1n) is 9.19. The molecule has 142 valence electrons. The van der Waals surface area contributed by atoms with Crippen molar-refractivity contribution in [2.75, 3.05) is 7.11 Å². The van der Waals surface area contributed by atoms with Crippen molar-refractivity contribution in [2.24, 2.45) is 0 Å². The number of nitrogens with zero attached hydrogens (tertiary/aromatic N) is 1. The Morgan fingerprint density at radius 3 is 2.62 bits per heavy atom. The van der Waals surface area contributed by atoms with Gasteiger partial charge in [-0.05, 0) is 57.0 Å². The smallest absolute Gasteiger partial charge is 0.287 e. The van der Waals surface area contributed by atoms with E-state index in [9.17, 15) is 4.79 Å². The number of rotatable bonds is 9. The molecule has 0 saturated carbocycles. The largest absolute Gasteiger partial charge is 0.497 e. The molecule has 5 heteroatoms. The Hall–Kier alpha value is -2.27. The van der Waals surface area contributed by atoms with Gasteiger partial charge in [0.1, 0.15) is 11.5 Å². The summed E-state index contributed by atoms with van der Waals surface area (Å²) in [6.07, 6.45) is 0.890. The van der Waals surface area contributed by atoms with Crippen LogP contribution < -0.4 is 10.1 Å². The van der Waals surface area contributed by atoms with Crippen molar-refractivity contribution in [3.63, 3.8) is 0 Å². The van der Waals surface area contributed by atoms with E-state index in [0.29, 0.717) is 18.3 Å². The zero-order chi connectivity index (χ0) is 19.1. The number of carbonyl (C=O) groups excluding carboxylic acids is 1. The topological polar surface area (TPSA) is 54.7 Å². The van der Waals surface area contributed by atoms with Gasteiger partial charge in [0.05, 0.1) is 13.7 Å². The summed E-state index contributed by atoms with van der Waals surface area (Å²) in [6, 6.07) is 12.2. The molecule has 0 saturated heterocycles. The molecule has 1 N–H and O–H groups in total. The number of ether oxygens (including phenoxy) is 1. The minimum atomic E-state index is -0.158. The Morgan fingerprint density at radius 2 is 1.96 bits per heavy atom. The molecule has 0 radical (unpaired) electrons. The summed E-state index contributed by atoms with van der Waals surface area (Å²) >= 11 is 0. The van der Waals surface area contributed by atoms with Crippen LogP contribution in [-0.4, -0.2) is 30.0 Å². The standard InChI is InChI=1S/C21H30N2O3/c1-6-16(4)22-21(24)20-11-10-19(26-20)14-23(15(2)3)13-17-8-7-9-18(12-17)25-5/h7-12,15-16H,6,13-14H2,1-5H3,(H,22,24). The molecule has 1 aromatic carbocycles. The van der Waals surface area contributed by atoms with Gasteiger partial charge in [-0.1, -0.05) is 19.1 Å². The van der Waals surface area contributed by atoms with E-state index in [4.69, 9.17) is 9.15 Å². The van der Waals surface area contributed by atoms with E-state index in [2.05, 4.69) is 30.1 Å². The Labute approximate surface area is 156 Å². The van der Waals surface area contributed by atoms with Gasteiger partial charge in [0.15, 0.2) is 5.76 Å². The molecule has 1 amide bonds. The highest BCUT2D eigenvalue weighted by Crippen LogP contribution is 2.18. The predicted molar refractivity (Wildman–Crippen MR) is 103 cm³/mol. The third-order valence-electron chi connectivity index (χ3n) is 4.48. The van der Waals surface area contributed by atoms with Gasteiger partial charge in [0, 0.05) is 18.6 Å². The molecule has 0 aliphatic carbocycles. The number of hydrogen-bond donors (Lipinski definition) is 1. The summed E-state index contributed by atoms with van der Waals surface area (Å²) in [5, 5.41) is 2.93. The van der Waals surface area contributed by atoms with Crippen molar-refractivity contribution in [3.8, 4) is 5.75 Å². The summed E-state index contributed by atoms with van der Waals surface area (Å²) in [5.74, 6) is 1.85. The van der Waals surface area contributed by atoms with E-state index in [1.807, 2.05) is 38.1 Å². The monoisotopic (exact) mass is 358 g/mol. The molecule has 0 fully saturated rings. The van der Waals surface area contributed by atoms with Crippen molar-refractivity contribution in [1.82, 2.24) is 10.2 Å². The van der Waals surface area contributed by atoms with E-state index in [-0.39, 0.29) is 11.9 Å². The Morgan fingerprint density at radius 1 is 1.19 bits per heavy atom. The maximum atomic E-state index is 12.2. The second kappa shape index (κ2) is 9.43. The minimum absolute atomic E-state index is 0.135. The molecule has 0 bridgehead atoms. The maximum absolute atomic E-state index is 12.2. The summed E-state index contributed by atoms with van der Waals surface area (Å²) < 4.78 is 11.1. The first-order valence-corrected chi connectivity index (χ1v) is 9.19. The molecule has 1 heterocycles. The lowest BCUT2D eigenvalue weighted by Crippen LogP contribution is -2.31. The predicted octanol–water partition coefficient (Wildman–Crippen LogP) is 4.23. The van der Waals surface area contributed by atoms with Crippen molar-refractivity contribution in [2.45, 2.75) is 59.3 Å². The Bertz CT molecular complexity index is 709. The normalized spacial score (nSPS) is 12.4. The molecular formula is C21H30N2O3. The van der Waals surface area contributed by atoms with E-state index >= 15 is 0 Å². The van der Waals surface area contributed by atoms with Crippen LogP contribution in [0.4, 0.5) is 0 Å². The first-order chi connectivity index (χ1) is 12.4. The third-order valence-corrected chi connectivity index (χ3v) is 4.48. The number of nitrogens with one attached hydrogen (secondary N) is 1. The summed E-state index contributed by atoms with van der Waals surface area (Å²) in [5.41, 5.74) is 1.18. The Balaban J connectivity index is 2.04. The average Bonchev–Trinajstić information content (AvgIpc) is 3.10. The van der Waals surface area contributed by atoms with Gasteiger partial charge in [-0.15, -0.1) is 0 Å². The molecule has 26 heavy (non-hydrogen) atoms. The second-order valence-corrected chi connectivity index (χ2v) is 6.90. The van der Waals surface area contributed by atoms with Gasteiger partial charge in [-0.2, -0.15) is 0 Å². The zero-order valence-electron chi connectivity index (χ0n) is 16.4. The summed E-state index contributed by atoms with van der Waals surface area (Å²) in [7, 11) is 1.67. The molecule has 1 atom stereocenters. The van der Waals surface area contributed by atoms with Crippen LogP contribution >= 0.6 is 0 Å². The van der Waals surface area contributed by atoms with Gasteiger partial charge in [0.2, 0.25) is 0 Å². The number of methoxy groups -OCH3 is 1. The fourth-order valence-electron chi connectivity index (χ4n) is 2.61. The van der Waals surface area contributed by atoms with Gasteiger partial charge >= 0.3 is 0 Å². The fraction of sp³-hybridized carbons (Fsp3) is 0.476. The van der Waals surface area contributed by atoms with Crippen LogP contribution in [0.1, 0.15) is 56.0 Å². The van der Waals surface area contributed by atoms with Crippen LogP contribution in [0.25, 0.3) is 0 Å². The van der Waals surface area contributed by atoms with Gasteiger partial charge in [-0.25, -0.2) is 0 Å². The lowest BCUT2D eigenvalue weighted by atomic mass is 10.1. The van der Waals surface area contributed by atoms with Crippen molar-refractivity contribution >= 4 is 5.91 Å². The molecule has 0 aliphatic heterocycles. The quantitative estimate of drug-likeness (QED) is 0.729.